The Morgan fingerprint density at radius 3 is 2.28 bits per heavy atom. The highest BCUT2D eigenvalue weighted by atomic mass is 32.2. The topological polar surface area (TPSA) is 69.0 Å². The van der Waals surface area contributed by atoms with E-state index in [9.17, 15) is 9.18 Å². The Hall–Kier alpha value is -4.43. The van der Waals surface area contributed by atoms with Crippen molar-refractivity contribution in [2.24, 2.45) is 0 Å². The number of ether oxygens (including phenoxy) is 1. The van der Waals surface area contributed by atoms with Gasteiger partial charge in [-0.25, -0.2) is 4.39 Å². The number of anilines is 1. The first-order valence-electron chi connectivity index (χ1n) is 11.2. The molecule has 1 N–H and O–H groups in total. The van der Waals surface area contributed by atoms with Gasteiger partial charge in [0, 0.05) is 23.0 Å². The molecule has 4 aromatic carbocycles. The second-order valence-corrected chi connectivity index (χ2v) is 8.71. The molecule has 178 valence electrons. The van der Waals surface area contributed by atoms with Gasteiger partial charge in [0.15, 0.2) is 11.0 Å². The monoisotopic (exact) mass is 496 g/mol. The number of nitrogens with one attached hydrogen (secondary N) is 1. The highest BCUT2D eigenvalue weighted by Crippen LogP contribution is 2.29. The van der Waals surface area contributed by atoms with Gasteiger partial charge in [0.2, 0.25) is 5.91 Å². The van der Waals surface area contributed by atoms with Crippen LogP contribution >= 0.6 is 11.8 Å². The number of para-hydroxylation sites is 1. The van der Waals surface area contributed by atoms with Gasteiger partial charge in [0.25, 0.3) is 0 Å². The molecule has 0 atom stereocenters. The molecule has 0 radical (unpaired) electrons. The summed E-state index contributed by atoms with van der Waals surface area (Å²) in [6, 6.07) is 32.3. The van der Waals surface area contributed by atoms with Crippen LogP contribution in [0.15, 0.2) is 114 Å². The lowest BCUT2D eigenvalue weighted by molar-refractivity contribution is -0.113. The molecule has 0 saturated heterocycles. The third-order valence-corrected chi connectivity index (χ3v) is 6.11. The van der Waals surface area contributed by atoms with Crippen LogP contribution in [0, 0.1) is 5.82 Å². The predicted octanol–water partition coefficient (Wildman–Crippen LogP) is 6.60. The summed E-state index contributed by atoms with van der Waals surface area (Å²) in [4.78, 5) is 12.7. The number of amides is 1. The minimum Gasteiger partial charge on any atom is -0.457 e. The maximum Gasteiger partial charge on any atom is 0.234 e. The average Bonchev–Trinajstić information content (AvgIpc) is 3.33. The minimum absolute atomic E-state index is 0.109. The molecule has 0 aliphatic heterocycles. The molecule has 6 nitrogen and oxygen atoms in total. The summed E-state index contributed by atoms with van der Waals surface area (Å²) in [6.45, 7) is 0. The van der Waals surface area contributed by atoms with E-state index in [1.54, 1.807) is 24.3 Å². The van der Waals surface area contributed by atoms with Crippen molar-refractivity contribution < 1.29 is 13.9 Å². The molecule has 0 fully saturated rings. The minimum atomic E-state index is -0.333. The summed E-state index contributed by atoms with van der Waals surface area (Å²) < 4.78 is 21.2. The van der Waals surface area contributed by atoms with Crippen molar-refractivity contribution in [1.29, 1.82) is 0 Å². The van der Waals surface area contributed by atoms with E-state index in [1.807, 2.05) is 77.4 Å². The van der Waals surface area contributed by atoms with Crippen LogP contribution in [-0.2, 0) is 4.79 Å². The SMILES string of the molecule is O=C(CSc1nnc(-c2ccccc2)n1-c1ccc(F)cc1)Nc1cccc(Oc2ccccc2)c1. The number of halogens is 1. The molecular formula is C28H21FN4O2S. The largest absolute Gasteiger partial charge is 0.457 e. The molecule has 1 aromatic heterocycles. The fraction of sp³-hybridized carbons (Fsp3) is 0.0357. The first-order valence-corrected chi connectivity index (χ1v) is 12.2. The van der Waals surface area contributed by atoms with E-state index in [-0.39, 0.29) is 17.5 Å². The second kappa shape index (κ2) is 10.9. The molecule has 5 rings (SSSR count). The Morgan fingerprint density at radius 1 is 0.833 bits per heavy atom. The summed E-state index contributed by atoms with van der Waals surface area (Å²) in [5.74, 6) is 1.52. The Morgan fingerprint density at radius 2 is 1.53 bits per heavy atom. The number of benzene rings is 4. The first-order chi connectivity index (χ1) is 17.7. The Bertz CT molecular complexity index is 1460. The molecule has 0 saturated carbocycles. The zero-order valence-corrected chi connectivity index (χ0v) is 19.9. The Balaban J connectivity index is 1.31. The van der Waals surface area contributed by atoms with Crippen molar-refractivity contribution >= 4 is 23.4 Å². The average molecular weight is 497 g/mol. The van der Waals surface area contributed by atoms with Gasteiger partial charge in [-0.15, -0.1) is 10.2 Å². The van der Waals surface area contributed by atoms with E-state index in [1.165, 1.54) is 23.9 Å². The number of hydrogen-bond acceptors (Lipinski definition) is 5. The van der Waals surface area contributed by atoms with E-state index >= 15 is 0 Å². The van der Waals surface area contributed by atoms with Crippen LogP contribution in [0.25, 0.3) is 17.1 Å². The Kier molecular flexibility index (Phi) is 7.05. The van der Waals surface area contributed by atoms with Crippen LogP contribution in [0.1, 0.15) is 0 Å². The van der Waals surface area contributed by atoms with Crippen molar-refractivity contribution in [3.05, 3.63) is 115 Å². The van der Waals surface area contributed by atoms with Crippen LogP contribution < -0.4 is 10.1 Å². The maximum absolute atomic E-state index is 13.6. The van der Waals surface area contributed by atoms with Crippen molar-refractivity contribution in [3.8, 4) is 28.6 Å². The van der Waals surface area contributed by atoms with E-state index in [0.717, 1.165) is 5.56 Å². The third kappa shape index (κ3) is 5.61. The lowest BCUT2D eigenvalue weighted by Gasteiger charge is -2.11. The summed E-state index contributed by atoms with van der Waals surface area (Å²) in [5.41, 5.74) is 2.19. The number of hydrogen-bond donors (Lipinski definition) is 1. The molecule has 8 heteroatoms. The van der Waals surface area contributed by atoms with Crippen LogP contribution in [0.5, 0.6) is 11.5 Å². The normalized spacial score (nSPS) is 10.7. The molecule has 1 heterocycles. The van der Waals surface area contributed by atoms with E-state index in [2.05, 4.69) is 15.5 Å². The first kappa shape index (κ1) is 23.3. The van der Waals surface area contributed by atoms with Gasteiger partial charge in [-0.05, 0) is 48.5 Å². The molecule has 1 amide bonds. The van der Waals surface area contributed by atoms with E-state index in [4.69, 9.17) is 4.74 Å². The number of carbonyl (C=O) groups is 1. The van der Waals surface area contributed by atoms with Crippen molar-refractivity contribution in [2.75, 3.05) is 11.1 Å². The smallest absolute Gasteiger partial charge is 0.234 e. The molecule has 0 aliphatic rings. The van der Waals surface area contributed by atoms with Gasteiger partial charge in [-0.3, -0.25) is 9.36 Å². The summed E-state index contributed by atoms with van der Waals surface area (Å²) in [6.07, 6.45) is 0. The van der Waals surface area contributed by atoms with Crippen LogP contribution in [-0.4, -0.2) is 26.4 Å². The van der Waals surface area contributed by atoms with Crippen molar-refractivity contribution in [1.82, 2.24) is 14.8 Å². The lowest BCUT2D eigenvalue weighted by Crippen LogP contribution is -2.14. The quantitative estimate of drug-likeness (QED) is 0.245. The standard InChI is InChI=1S/C28H21FN4O2S/c29-21-14-16-23(17-15-21)33-27(20-8-3-1-4-9-20)31-32-28(33)36-19-26(34)30-22-10-7-13-25(18-22)35-24-11-5-2-6-12-24/h1-18H,19H2,(H,30,34). The van der Waals surface area contributed by atoms with Gasteiger partial charge in [0.05, 0.1) is 5.75 Å². The molecule has 0 bridgehead atoms. The fourth-order valence-electron chi connectivity index (χ4n) is 3.55. The van der Waals surface area contributed by atoms with Crippen LogP contribution in [0.3, 0.4) is 0 Å². The van der Waals surface area contributed by atoms with Gasteiger partial charge in [-0.2, -0.15) is 0 Å². The Labute approximate surface area is 211 Å². The molecular weight excluding hydrogens is 475 g/mol. The highest BCUT2D eigenvalue weighted by molar-refractivity contribution is 7.99. The molecule has 0 spiro atoms. The van der Waals surface area contributed by atoms with Gasteiger partial charge >= 0.3 is 0 Å². The lowest BCUT2D eigenvalue weighted by atomic mass is 10.2. The molecule has 5 aromatic rings. The van der Waals surface area contributed by atoms with Crippen LogP contribution in [0.2, 0.25) is 0 Å². The number of thioether (sulfide) groups is 1. The third-order valence-electron chi connectivity index (χ3n) is 5.18. The van der Waals surface area contributed by atoms with Crippen LogP contribution in [0.4, 0.5) is 10.1 Å². The second-order valence-electron chi connectivity index (χ2n) is 7.76. The van der Waals surface area contributed by atoms with Gasteiger partial charge in [-0.1, -0.05) is 66.4 Å². The van der Waals surface area contributed by atoms with Crippen molar-refractivity contribution in [3.63, 3.8) is 0 Å². The number of nitrogens with zero attached hydrogens (tertiary/aromatic N) is 3. The molecule has 0 aliphatic carbocycles. The van der Waals surface area contributed by atoms with E-state index in [0.29, 0.717) is 33.9 Å². The van der Waals surface area contributed by atoms with Gasteiger partial charge < -0.3 is 10.1 Å². The number of aromatic nitrogens is 3. The summed E-state index contributed by atoms with van der Waals surface area (Å²) in [5, 5.41) is 12.1. The molecule has 36 heavy (non-hydrogen) atoms. The van der Waals surface area contributed by atoms with Crippen molar-refractivity contribution in [2.45, 2.75) is 5.16 Å². The fourth-order valence-corrected chi connectivity index (χ4v) is 4.30. The predicted molar refractivity (Wildman–Crippen MR) is 139 cm³/mol. The van der Waals surface area contributed by atoms with Gasteiger partial charge in [0.1, 0.15) is 17.3 Å². The maximum atomic E-state index is 13.6. The zero-order valence-electron chi connectivity index (χ0n) is 19.0. The summed E-state index contributed by atoms with van der Waals surface area (Å²) >= 11 is 1.25. The highest BCUT2D eigenvalue weighted by Gasteiger charge is 2.17. The van der Waals surface area contributed by atoms with E-state index < -0.39 is 0 Å². The number of rotatable bonds is 8. The molecule has 0 unspecified atom stereocenters. The zero-order chi connectivity index (χ0) is 24.7. The number of carbonyl (C=O) groups excluding carboxylic acids is 1. The summed E-state index contributed by atoms with van der Waals surface area (Å²) in [7, 11) is 0.